The van der Waals surface area contributed by atoms with Gasteiger partial charge in [-0.1, -0.05) is 37.5 Å². The van der Waals surface area contributed by atoms with E-state index < -0.39 is 11.6 Å². The fourth-order valence-electron chi connectivity index (χ4n) is 5.54. The molecule has 4 rings (SSSR count). The fraction of sp³-hybridized carbons (Fsp3) is 0.552. The van der Waals surface area contributed by atoms with Gasteiger partial charge in [-0.15, -0.1) is 5.92 Å². The Bertz CT molecular complexity index is 1180. The Morgan fingerprint density at radius 2 is 1.78 bits per heavy atom. The Hall–Kier alpha value is -3.11. The summed E-state index contributed by atoms with van der Waals surface area (Å²) in [5.41, 5.74) is 4.85. The van der Waals surface area contributed by atoms with E-state index in [0.29, 0.717) is 31.7 Å². The molecule has 36 heavy (non-hydrogen) atoms. The Kier molecular flexibility index (Phi) is 7.56. The fourth-order valence-corrected chi connectivity index (χ4v) is 5.54. The minimum atomic E-state index is -0.818. The van der Waals surface area contributed by atoms with Crippen LogP contribution < -0.4 is 5.32 Å². The predicted molar refractivity (Wildman–Crippen MR) is 142 cm³/mol. The summed E-state index contributed by atoms with van der Waals surface area (Å²) >= 11 is 0. The SMILES string of the molecule is CC#CCN1C(=O)C(CC(C)C)NC(=O)C12CCN(Cc1c(C)nn(-c3ccc(C)cc3)c1C)CC2. The van der Waals surface area contributed by atoms with Crippen LogP contribution in [0.3, 0.4) is 0 Å². The van der Waals surface area contributed by atoms with Crippen LogP contribution in [0.4, 0.5) is 0 Å². The lowest BCUT2D eigenvalue weighted by atomic mass is 9.81. The Morgan fingerprint density at radius 1 is 1.11 bits per heavy atom. The Labute approximate surface area is 215 Å². The largest absolute Gasteiger partial charge is 0.342 e. The number of carbonyl (C=O) groups is 2. The predicted octanol–water partition coefficient (Wildman–Crippen LogP) is 3.53. The third-order valence-corrected chi connectivity index (χ3v) is 7.71. The Morgan fingerprint density at radius 3 is 2.39 bits per heavy atom. The molecule has 0 saturated carbocycles. The van der Waals surface area contributed by atoms with Gasteiger partial charge in [-0.05, 0) is 65.0 Å². The van der Waals surface area contributed by atoms with E-state index >= 15 is 0 Å². The van der Waals surface area contributed by atoms with Crippen molar-refractivity contribution in [3.63, 3.8) is 0 Å². The maximum Gasteiger partial charge on any atom is 0.246 e. The van der Waals surface area contributed by atoms with Gasteiger partial charge in [-0.25, -0.2) is 4.68 Å². The van der Waals surface area contributed by atoms with E-state index in [4.69, 9.17) is 5.10 Å². The van der Waals surface area contributed by atoms with Crippen LogP contribution in [0, 0.1) is 38.5 Å². The van der Waals surface area contributed by atoms with Crippen LogP contribution in [0.2, 0.25) is 0 Å². The molecule has 0 radical (unpaired) electrons. The molecule has 0 aliphatic carbocycles. The second-order valence-corrected chi connectivity index (χ2v) is 10.7. The summed E-state index contributed by atoms with van der Waals surface area (Å²) in [4.78, 5) is 31.0. The van der Waals surface area contributed by atoms with Crippen molar-refractivity contribution in [3.8, 4) is 17.5 Å². The number of rotatable bonds is 6. The molecule has 2 amide bonds. The first-order valence-electron chi connectivity index (χ1n) is 13.0. The zero-order valence-electron chi connectivity index (χ0n) is 22.5. The number of hydrogen-bond donors (Lipinski definition) is 1. The molecule has 192 valence electrons. The van der Waals surface area contributed by atoms with Crippen molar-refractivity contribution >= 4 is 11.8 Å². The highest BCUT2D eigenvalue weighted by molar-refractivity contribution is 6.00. The third-order valence-electron chi connectivity index (χ3n) is 7.71. The van der Waals surface area contributed by atoms with E-state index in [0.717, 1.165) is 36.7 Å². The number of nitrogens with zero attached hydrogens (tertiary/aromatic N) is 4. The summed E-state index contributed by atoms with van der Waals surface area (Å²) in [5.74, 6) is 6.26. The summed E-state index contributed by atoms with van der Waals surface area (Å²) in [5, 5.41) is 7.88. The number of aromatic nitrogens is 2. The van der Waals surface area contributed by atoms with E-state index in [1.165, 1.54) is 11.1 Å². The number of piperazine rings is 1. The average Bonchev–Trinajstić information content (AvgIpc) is 3.12. The molecule has 2 aliphatic rings. The van der Waals surface area contributed by atoms with Crippen molar-refractivity contribution in [2.45, 2.75) is 78.9 Å². The molecule has 7 nitrogen and oxygen atoms in total. The van der Waals surface area contributed by atoms with Gasteiger partial charge in [0.15, 0.2) is 0 Å². The number of benzene rings is 1. The molecule has 0 bridgehead atoms. The van der Waals surface area contributed by atoms with Crippen LogP contribution in [0.1, 0.15) is 62.5 Å². The highest BCUT2D eigenvalue weighted by Gasteiger charge is 2.53. The standard InChI is InChI=1S/C29H39N5O2/c1-7-8-15-33-27(35)26(18-20(2)3)30-28(36)29(33)13-16-32(17-14-29)19-25-22(5)31-34(23(25)6)24-11-9-21(4)10-12-24/h9-12,20,26H,13-19H2,1-6H3,(H,30,36). The minimum absolute atomic E-state index is 0.00515. The number of hydrogen-bond acceptors (Lipinski definition) is 4. The maximum absolute atomic E-state index is 13.5. The second-order valence-electron chi connectivity index (χ2n) is 10.7. The smallest absolute Gasteiger partial charge is 0.246 e. The van der Waals surface area contributed by atoms with Gasteiger partial charge in [-0.2, -0.15) is 5.10 Å². The van der Waals surface area contributed by atoms with Crippen molar-refractivity contribution in [2.75, 3.05) is 19.6 Å². The number of piperidine rings is 1. The molecule has 1 unspecified atom stereocenters. The van der Waals surface area contributed by atoms with E-state index in [9.17, 15) is 9.59 Å². The van der Waals surface area contributed by atoms with Crippen LogP contribution in [0.15, 0.2) is 24.3 Å². The monoisotopic (exact) mass is 489 g/mol. The van der Waals surface area contributed by atoms with Crippen LogP contribution in [-0.2, 0) is 16.1 Å². The highest BCUT2D eigenvalue weighted by Crippen LogP contribution is 2.34. The number of likely N-dealkylation sites (tertiary alicyclic amines) is 1. The first kappa shape index (κ1) is 26.0. The number of amides is 2. The third kappa shape index (κ3) is 4.92. The lowest BCUT2D eigenvalue weighted by Crippen LogP contribution is -2.72. The molecule has 2 saturated heterocycles. The van der Waals surface area contributed by atoms with Gasteiger partial charge >= 0.3 is 0 Å². The van der Waals surface area contributed by atoms with E-state index in [2.05, 4.69) is 80.9 Å². The summed E-state index contributed by atoms with van der Waals surface area (Å²) in [7, 11) is 0. The van der Waals surface area contributed by atoms with Gasteiger partial charge in [0.2, 0.25) is 11.8 Å². The molecule has 2 fully saturated rings. The van der Waals surface area contributed by atoms with Gasteiger partial charge in [0.25, 0.3) is 0 Å². The zero-order valence-corrected chi connectivity index (χ0v) is 22.5. The maximum atomic E-state index is 13.5. The van der Waals surface area contributed by atoms with E-state index in [-0.39, 0.29) is 11.8 Å². The van der Waals surface area contributed by atoms with Crippen LogP contribution in [-0.4, -0.2) is 62.6 Å². The molecule has 7 heteroatoms. The lowest BCUT2D eigenvalue weighted by molar-refractivity contribution is -0.160. The molecule has 1 N–H and O–H groups in total. The van der Waals surface area contributed by atoms with Gasteiger partial charge < -0.3 is 10.2 Å². The minimum Gasteiger partial charge on any atom is -0.342 e. The summed E-state index contributed by atoms with van der Waals surface area (Å²) in [6.45, 7) is 14.7. The van der Waals surface area contributed by atoms with Crippen molar-refractivity contribution in [2.24, 2.45) is 5.92 Å². The molecule has 2 aromatic rings. The van der Waals surface area contributed by atoms with Crippen molar-refractivity contribution in [1.82, 2.24) is 24.9 Å². The summed E-state index contributed by atoms with van der Waals surface area (Å²) in [6, 6.07) is 7.95. The molecule has 1 spiro atoms. The Balaban J connectivity index is 1.51. The van der Waals surface area contributed by atoms with E-state index in [1.807, 2.05) is 4.68 Å². The molecule has 2 aliphatic heterocycles. The van der Waals surface area contributed by atoms with Crippen molar-refractivity contribution < 1.29 is 9.59 Å². The van der Waals surface area contributed by atoms with Crippen LogP contribution in [0.25, 0.3) is 5.69 Å². The lowest BCUT2D eigenvalue weighted by Gasteiger charge is -2.51. The van der Waals surface area contributed by atoms with Crippen molar-refractivity contribution in [1.29, 1.82) is 0 Å². The number of nitrogens with one attached hydrogen (secondary N) is 1. The number of aryl methyl sites for hydroxylation is 2. The quantitative estimate of drug-likeness (QED) is 0.631. The topological polar surface area (TPSA) is 70.5 Å². The molecular weight excluding hydrogens is 450 g/mol. The average molecular weight is 490 g/mol. The van der Waals surface area contributed by atoms with Crippen LogP contribution in [0.5, 0.6) is 0 Å². The summed E-state index contributed by atoms with van der Waals surface area (Å²) < 4.78 is 2.02. The molecule has 1 atom stereocenters. The number of carbonyl (C=O) groups excluding carboxylic acids is 2. The first-order chi connectivity index (χ1) is 17.2. The van der Waals surface area contributed by atoms with Gasteiger partial charge in [0.1, 0.15) is 11.6 Å². The normalized spacial score (nSPS) is 20.0. The molecule has 1 aromatic carbocycles. The van der Waals surface area contributed by atoms with E-state index in [1.54, 1.807) is 11.8 Å². The molecule has 3 heterocycles. The molecule has 1 aromatic heterocycles. The van der Waals surface area contributed by atoms with Gasteiger partial charge in [0.05, 0.1) is 17.9 Å². The van der Waals surface area contributed by atoms with Gasteiger partial charge in [0, 0.05) is 30.9 Å². The summed E-state index contributed by atoms with van der Waals surface area (Å²) in [6.07, 6.45) is 1.86. The second kappa shape index (κ2) is 10.5. The van der Waals surface area contributed by atoms with Crippen molar-refractivity contribution in [3.05, 3.63) is 46.8 Å². The first-order valence-corrected chi connectivity index (χ1v) is 13.0. The zero-order chi connectivity index (χ0) is 26.0. The van der Waals surface area contributed by atoms with Crippen LogP contribution >= 0.6 is 0 Å². The van der Waals surface area contributed by atoms with Gasteiger partial charge in [-0.3, -0.25) is 14.5 Å². The molecular formula is C29H39N5O2. The highest BCUT2D eigenvalue weighted by atomic mass is 16.2.